The normalized spacial score (nSPS) is 10.5. The zero-order valence-electron chi connectivity index (χ0n) is 18.8. The van der Waals surface area contributed by atoms with Gasteiger partial charge in [0, 0.05) is 22.6 Å². The van der Waals surface area contributed by atoms with Crippen LogP contribution in [0.1, 0.15) is 21.5 Å². The lowest BCUT2D eigenvalue weighted by Gasteiger charge is -2.09. The van der Waals surface area contributed by atoms with Gasteiger partial charge in [0.05, 0.1) is 22.8 Å². The molecule has 4 rings (SSSR count). The average Bonchev–Trinajstić information content (AvgIpc) is 2.89. The van der Waals surface area contributed by atoms with Crippen LogP contribution in [0, 0.1) is 11.3 Å². The molecule has 4 aromatic rings. The Morgan fingerprint density at radius 2 is 1.89 bits per heavy atom. The van der Waals surface area contributed by atoms with Crippen LogP contribution in [0.2, 0.25) is 10.0 Å². The SMILES string of the molecule is COc1cccc(-c2nc(SCc3ccc(NC(=O)c4ccc(Cl)c(Cl)c4)cc3)[nH]c(=O)c2C#N)c1. The first-order valence-electron chi connectivity index (χ1n) is 10.5. The quantitative estimate of drug-likeness (QED) is 0.216. The number of hydrogen-bond donors (Lipinski definition) is 2. The molecule has 0 fully saturated rings. The molecule has 3 aromatic carbocycles. The number of aromatic amines is 1. The number of nitrogens with one attached hydrogen (secondary N) is 2. The summed E-state index contributed by atoms with van der Waals surface area (Å²) < 4.78 is 5.25. The Morgan fingerprint density at radius 1 is 1.11 bits per heavy atom. The van der Waals surface area contributed by atoms with Gasteiger partial charge in [-0.1, -0.05) is 59.2 Å². The highest BCUT2D eigenvalue weighted by Gasteiger charge is 2.15. The highest BCUT2D eigenvalue weighted by Crippen LogP contribution is 2.27. The number of hydrogen-bond acceptors (Lipinski definition) is 6. The molecule has 0 saturated carbocycles. The van der Waals surface area contributed by atoms with Gasteiger partial charge in [0.25, 0.3) is 11.5 Å². The average molecular weight is 537 g/mol. The molecule has 0 aliphatic heterocycles. The highest BCUT2D eigenvalue weighted by molar-refractivity contribution is 7.98. The van der Waals surface area contributed by atoms with Crippen molar-refractivity contribution < 1.29 is 9.53 Å². The summed E-state index contributed by atoms with van der Waals surface area (Å²) in [5, 5.41) is 13.4. The van der Waals surface area contributed by atoms with Gasteiger partial charge < -0.3 is 15.0 Å². The van der Waals surface area contributed by atoms with E-state index in [4.69, 9.17) is 27.9 Å². The zero-order chi connectivity index (χ0) is 25.7. The first-order valence-corrected chi connectivity index (χ1v) is 12.3. The van der Waals surface area contributed by atoms with Crippen LogP contribution in [0.4, 0.5) is 5.69 Å². The maximum atomic E-state index is 12.5. The molecule has 1 aromatic heterocycles. The van der Waals surface area contributed by atoms with Crippen molar-refractivity contribution in [2.75, 3.05) is 12.4 Å². The van der Waals surface area contributed by atoms with Gasteiger partial charge in [-0.2, -0.15) is 5.26 Å². The fourth-order valence-corrected chi connectivity index (χ4v) is 4.40. The minimum atomic E-state index is -0.506. The van der Waals surface area contributed by atoms with Gasteiger partial charge in [-0.15, -0.1) is 0 Å². The Labute approximate surface area is 221 Å². The number of carbonyl (C=O) groups is 1. The molecule has 1 amide bonds. The number of aromatic nitrogens is 2. The second-order valence-electron chi connectivity index (χ2n) is 7.51. The number of benzene rings is 3. The Balaban J connectivity index is 1.47. The zero-order valence-corrected chi connectivity index (χ0v) is 21.2. The maximum absolute atomic E-state index is 12.5. The van der Waals surface area contributed by atoms with Crippen molar-refractivity contribution in [3.05, 3.63) is 104 Å². The van der Waals surface area contributed by atoms with Gasteiger partial charge in [0.2, 0.25) is 0 Å². The number of methoxy groups -OCH3 is 1. The number of anilines is 1. The van der Waals surface area contributed by atoms with Crippen LogP contribution in [0.25, 0.3) is 11.3 Å². The van der Waals surface area contributed by atoms with Crippen LogP contribution in [0.15, 0.2) is 76.7 Å². The van der Waals surface area contributed by atoms with E-state index in [1.807, 2.05) is 18.2 Å². The largest absolute Gasteiger partial charge is 0.497 e. The molecule has 180 valence electrons. The Kier molecular flexibility index (Phi) is 7.96. The fourth-order valence-electron chi connectivity index (χ4n) is 3.28. The summed E-state index contributed by atoms with van der Waals surface area (Å²) in [5.41, 5.74) is 2.30. The topological polar surface area (TPSA) is 108 Å². The number of ether oxygens (including phenoxy) is 1. The summed E-state index contributed by atoms with van der Waals surface area (Å²) in [6, 6.07) is 20.9. The molecule has 0 atom stereocenters. The van der Waals surface area contributed by atoms with Crippen molar-refractivity contribution >= 4 is 46.6 Å². The second-order valence-corrected chi connectivity index (χ2v) is 9.29. The minimum absolute atomic E-state index is 0.0605. The second kappa shape index (κ2) is 11.3. The summed E-state index contributed by atoms with van der Waals surface area (Å²) in [4.78, 5) is 32.2. The number of nitriles is 1. The number of carbonyl (C=O) groups excluding carboxylic acids is 1. The van der Waals surface area contributed by atoms with Crippen molar-refractivity contribution in [1.29, 1.82) is 5.26 Å². The molecule has 7 nitrogen and oxygen atoms in total. The molecule has 0 aliphatic rings. The third-order valence-corrected chi connectivity index (χ3v) is 6.81. The smallest absolute Gasteiger partial charge is 0.270 e. The van der Waals surface area contributed by atoms with Crippen LogP contribution in [-0.2, 0) is 5.75 Å². The molecule has 0 unspecified atom stereocenters. The molecule has 10 heteroatoms. The highest BCUT2D eigenvalue weighted by atomic mass is 35.5. The van der Waals surface area contributed by atoms with Crippen molar-refractivity contribution in [2.24, 2.45) is 0 Å². The van der Waals surface area contributed by atoms with Crippen molar-refractivity contribution in [3.63, 3.8) is 0 Å². The van der Waals surface area contributed by atoms with Crippen LogP contribution >= 0.6 is 35.0 Å². The van der Waals surface area contributed by atoms with E-state index in [1.165, 1.54) is 17.8 Å². The van der Waals surface area contributed by atoms with E-state index in [9.17, 15) is 14.9 Å². The molecule has 36 heavy (non-hydrogen) atoms. The molecule has 0 aliphatic carbocycles. The minimum Gasteiger partial charge on any atom is -0.497 e. The molecular weight excluding hydrogens is 519 g/mol. The van der Waals surface area contributed by atoms with E-state index in [0.717, 1.165) is 5.56 Å². The number of nitrogens with zero attached hydrogens (tertiary/aromatic N) is 2. The van der Waals surface area contributed by atoms with Crippen molar-refractivity contribution in [1.82, 2.24) is 9.97 Å². The van der Waals surface area contributed by atoms with E-state index < -0.39 is 5.56 Å². The first-order chi connectivity index (χ1) is 17.4. The lowest BCUT2D eigenvalue weighted by molar-refractivity contribution is 0.102. The van der Waals surface area contributed by atoms with Gasteiger partial charge in [-0.05, 0) is 48.0 Å². The number of amides is 1. The Morgan fingerprint density at radius 3 is 2.58 bits per heavy atom. The van der Waals surface area contributed by atoms with Crippen LogP contribution in [0.5, 0.6) is 5.75 Å². The summed E-state index contributed by atoms with van der Waals surface area (Å²) in [6.45, 7) is 0. The molecular formula is C26H18Cl2N4O3S. The molecule has 2 N–H and O–H groups in total. The van der Waals surface area contributed by atoms with Crippen molar-refractivity contribution in [2.45, 2.75) is 10.9 Å². The molecule has 0 spiro atoms. The number of H-pyrrole nitrogens is 1. The monoisotopic (exact) mass is 536 g/mol. The Hall–Kier alpha value is -3.77. The summed E-state index contributed by atoms with van der Waals surface area (Å²) in [5.74, 6) is 0.798. The van der Waals surface area contributed by atoms with Gasteiger partial charge in [0.1, 0.15) is 17.4 Å². The van der Waals surface area contributed by atoms with Gasteiger partial charge in [0.15, 0.2) is 5.16 Å². The summed E-state index contributed by atoms with van der Waals surface area (Å²) >= 11 is 13.2. The maximum Gasteiger partial charge on any atom is 0.270 e. The molecule has 1 heterocycles. The number of halogens is 2. The lowest BCUT2D eigenvalue weighted by atomic mass is 10.1. The van der Waals surface area contributed by atoms with Crippen molar-refractivity contribution in [3.8, 4) is 23.1 Å². The van der Waals surface area contributed by atoms with Crippen LogP contribution in [0.3, 0.4) is 0 Å². The van der Waals surface area contributed by atoms with Gasteiger partial charge in [-0.25, -0.2) is 4.98 Å². The Bertz CT molecular complexity index is 1530. The third-order valence-electron chi connectivity index (χ3n) is 5.12. The fraction of sp³-hybridized carbons (Fsp3) is 0.0769. The molecule has 0 saturated heterocycles. The first kappa shape index (κ1) is 25.3. The molecule has 0 radical (unpaired) electrons. The van der Waals surface area contributed by atoms with E-state index in [1.54, 1.807) is 55.6 Å². The van der Waals surface area contributed by atoms with Crippen LogP contribution in [-0.4, -0.2) is 23.0 Å². The molecule has 0 bridgehead atoms. The van der Waals surface area contributed by atoms with E-state index in [2.05, 4.69) is 15.3 Å². The van der Waals surface area contributed by atoms with E-state index >= 15 is 0 Å². The van der Waals surface area contributed by atoms with Gasteiger partial charge in [-0.3, -0.25) is 9.59 Å². The lowest BCUT2D eigenvalue weighted by Crippen LogP contribution is -2.14. The van der Waals surface area contributed by atoms with Gasteiger partial charge >= 0.3 is 0 Å². The van der Waals surface area contributed by atoms with Crippen LogP contribution < -0.4 is 15.6 Å². The number of thioether (sulfide) groups is 1. The summed E-state index contributed by atoms with van der Waals surface area (Å²) in [6.07, 6.45) is 0. The standard InChI is InChI=1S/C26H18Cl2N4O3S/c1-35-19-4-2-3-16(11-19)23-20(13-29)25(34)32-26(31-23)36-14-15-5-8-18(9-6-15)30-24(33)17-7-10-21(27)22(28)12-17/h2-12H,14H2,1H3,(H,30,33)(H,31,32,34). The predicted octanol–water partition coefficient (Wildman–Crippen LogP) is 6.17. The number of rotatable bonds is 7. The van der Waals surface area contributed by atoms with E-state index in [0.29, 0.717) is 49.2 Å². The van der Waals surface area contributed by atoms with E-state index in [-0.39, 0.29) is 11.5 Å². The third kappa shape index (κ3) is 5.89. The predicted molar refractivity (Wildman–Crippen MR) is 142 cm³/mol. The summed E-state index contributed by atoms with van der Waals surface area (Å²) in [7, 11) is 1.54.